The van der Waals surface area contributed by atoms with Gasteiger partial charge >= 0.3 is 6.03 Å². The number of nitrogens with two attached hydrogens (primary N) is 1. The number of carbonyl (C=O) groups excluding carboxylic acids is 2. The lowest BCUT2D eigenvalue weighted by molar-refractivity contribution is -0.150. The Labute approximate surface area is 106 Å². The van der Waals surface area contributed by atoms with Crippen molar-refractivity contribution in [2.75, 3.05) is 26.2 Å². The molecule has 0 aromatic heterocycles. The average molecular weight is 259 g/mol. The molecule has 1 unspecified atom stereocenters. The van der Waals surface area contributed by atoms with Gasteiger partial charge in [0.1, 0.15) is 0 Å². The summed E-state index contributed by atoms with van der Waals surface area (Å²) in [6.45, 7) is 5.57. The maximum atomic E-state index is 11.3. The van der Waals surface area contributed by atoms with E-state index in [-0.39, 0.29) is 24.7 Å². The molecule has 1 aliphatic heterocycles. The molecule has 1 saturated heterocycles. The second-order valence-electron chi connectivity index (χ2n) is 5.08. The molecule has 3 amide bonds. The SMILES string of the molecule is CC1(C)CN(CCC(=O)NC(N)=O)CC(CO)O1. The number of rotatable bonds is 4. The number of primary amides is 1. The van der Waals surface area contributed by atoms with Crippen molar-refractivity contribution < 1.29 is 19.4 Å². The summed E-state index contributed by atoms with van der Waals surface area (Å²) in [5, 5.41) is 11.2. The molecule has 0 aromatic rings. The highest BCUT2D eigenvalue weighted by Crippen LogP contribution is 2.20. The van der Waals surface area contributed by atoms with Crippen molar-refractivity contribution in [2.45, 2.75) is 32.0 Å². The van der Waals surface area contributed by atoms with Crippen molar-refractivity contribution in [3.63, 3.8) is 0 Å². The third kappa shape index (κ3) is 4.99. The van der Waals surface area contributed by atoms with Crippen molar-refractivity contribution in [3.8, 4) is 0 Å². The zero-order valence-electron chi connectivity index (χ0n) is 10.8. The van der Waals surface area contributed by atoms with Gasteiger partial charge in [-0.1, -0.05) is 0 Å². The Balaban J connectivity index is 2.41. The number of morpholine rings is 1. The summed E-state index contributed by atoms with van der Waals surface area (Å²) >= 11 is 0. The Morgan fingerprint density at radius 2 is 2.22 bits per heavy atom. The number of urea groups is 1. The number of ether oxygens (including phenoxy) is 1. The van der Waals surface area contributed by atoms with E-state index in [0.29, 0.717) is 19.6 Å². The number of carbonyl (C=O) groups is 2. The maximum absolute atomic E-state index is 11.3. The lowest BCUT2D eigenvalue weighted by atomic mass is 10.1. The molecule has 1 fully saturated rings. The van der Waals surface area contributed by atoms with E-state index in [1.54, 1.807) is 0 Å². The van der Waals surface area contributed by atoms with Crippen LogP contribution in [0, 0.1) is 0 Å². The van der Waals surface area contributed by atoms with E-state index in [9.17, 15) is 9.59 Å². The van der Waals surface area contributed by atoms with Crippen molar-refractivity contribution in [1.29, 1.82) is 0 Å². The molecule has 1 heterocycles. The summed E-state index contributed by atoms with van der Waals surface area (Å²) in [4.78, 5) is 23.8. The molecular weight excluding hydrogens is 238 g/mol. The molecule has 0 bridgehead atoms. The van der Waals surface area contributed by atoms with Gasteiger partial charge in [-0.2, -0.15) is 0 Å². The monoisotopic (exact) mass is 259 g/mol. The van der Waals surface area contributed by atoms with Gasteiger partial charge in [-0.15, -0.1) is 0 Å². The first-order valence-corrected chi connectivity index (χ1v) is 5.93. The van der Waals surface area contributed by atoms with Crippen molar-refractivity contribution in [1.82, 2.24) is 10.2 Å². The number of imide groups is 1. The van der Waals surface area contributed by atoms with Crippen molar-refractivity contribution >= 4 is 11.9 Å². The van der Waals surface area contributed by atoms with Crippen LogP contribution in [0.25, 0.3) is 0 Å². The van der Waals surface area contributed by atoms with Gasteiger partial charge in [-0.05, 0) is 13.8 Å². The van der Waals surface area contributed by atoms with Crippen LogP contribution in [0.3, 0.4) is 0 Å². The first-order valence-electron chi connectivity index (χ1n) is 5.93. The fraction of sp³-hybridized carbons (Fsp3) is 0.818. The fourth-order valence-electron chi connectivity index (χ4n) is 2.14. The molecule has 1 rings (SSSR count). The molecule has 1 atom stereocenters. The summed E-state index contributed by atoms with van der Waals surface area (Å²) < 4.78 is 5.66. The first kappa shape index (κ1) is 14.9. The highest BCUT2D eigenvalue weighted by molar-refractivity contribution is 5.93. The minimum atomic E-state index is -0.837. The lowest BCUT2D eigenvalue weighted by Gasteiger charge is -2.42. The molecule has 0 aromatic carbocycles. The van der Waals surface area contributed by atoms with Crippen LogP contribution >= 0.6 is 0 Å². The third-order valence-corrected chi connectivity index (χ3v) is 2.67. The van der Waals surface area contributed by atoms with Crippen molar-refractivity contribution in [3.05, 3.63) is 0 Å². The van der Waals surface area contributed by atoms with Crippen LogP contribution in [0.5, 0.6) is 0 Å². The number of aliphatic hydroxyl groups excluding tert-OH is 1. The van der Waals surface area contributed by atoms with Crippen LogP contribution in [0.15, 0.2) is 0 Å². The third-order valence-electron chi connectivity index (χ3n) is 2.67. The summed E-state index contributed by atoms with van der Waals surface area (Å²) in [6, 6.07) is -0.837. The van der Waals surface area contributed by atoms with Crippen LogP contribution in [-0.4, -0.2) is 59.9 Å². The van der Waals surface area contributed by atoms with Gasteiger partial charge < -0.3 is 15.6 Å². The van der Waals surface area contributed by atoms with Gasteiger partial charge in [0.15, 0.2) is 0 Å². The standard InChI is InChI=1S/C11H21N3O4/c1-11(2)7-14(5-8(6-15)18-11)4-3-9(16)13-10(12)17/h8,15H,3-7H2,1-2H3,(H3,12,13,16,17). The first-order chi connectivity index (χ1) is 8.32. The Morgan fingerprint density at radius 1 is 1.56 bits per heavy atom. The summed E-state index contributed by atoms with van der Waals surface area (Å²) in [5.41, 5.74) is 4.50. The molecular formula is C11H21N3O4. The van der Waals surface area contributed by atoms with Crippen LogP contribution < -0.4 is 11.1 Å². The number of hydrogen-bond donors (Lipinski definition) is 3. The van der Waals surface area contributed by atoms with Crippen LogP contribution in [0.4, 0.5) is 4.79 Å². The van der Waals surface area contributed by atoms with Crippen LogP contribution in [-0.2, 0) is 9.53 Å². The molecule has 104 valence electrons. The van der Waals surface area contributed by atoms with Gasteiger partial charge in [0.05, 0.1) is 18.3 Å². The molecule has 4 N–H and O–H groups in total. The number of nitrogens with zero attached hydrogens (tertiary/aromatic N) is 1. The minimum absolute atomic E-state index is 0.0482. The zero-order valence-corrected chi connectivity index (χ0v) is 10.8. The Kier molecular flexibility index (Phi) is 5.06. The summed E-state index contributed by atoms with van der Waals surface area (Å²) in [6.07, 6.45) is -0.0510. The smallest absolute Gasteiger partial charge is 0.318 e. The molecule has 0 radical (unpaired) electrons. The predicted molar refractivity (Wildman–Crippen MR) is 64.8 cm³/mol. The van der Waals surface area contributed by atoms with Crippen LogP contribution in [0.2, 0.25) is 0 Å². The molecule has 0 aliphatic carbocycles. The van der Waals surface area contributed by atoms with E-state index in [1.165, 1.54) is 0 Å². The quantitative estimate of drug-likeness (QED) is 0.603. The molecule has 7 heteroatoms. The van der Waals surface area contributed by atoms with E-state index in [4.69, 9.17) is 15.6 Å². The zero-order chi connectivity index (χ0) is 13.8. The van der Waals surface area contributed by atoms with Crippen molar-refractivity contribution in [2.24, 2.45) is 5.73 Å². The summed E-state index contributed by atoms with van der Waals surface area (Å²) in [7, 11) is 0. The van der Waals surface area contributed by atoms with Gasteiger partial charge in [0, 0.05) is 26.1 Å². The highest BCUT2D eigenvalue weighted by Gasteiger charge is 2.32. The number of amides is 3. The van der Waals surface area contributed by atoms with E-state index in [2.05, 4.69) is 0 Å². The van der Waals surface area contributed by atoms with E-state index in [0.717, 1.165) is 0 Å². The Morgan fingerprint density at radius 3 is 2.78 bits per heavy atom. The molecule has 7 nitrogen and oxygen atoms in total. The normalized spacial score (nSPS) is 23.6. The Hall–Kier alpha value is -1.18. The molecule has 0 spiro atoms. The maximum Gasteiger partial charge on any atom is 0.318 e. The topological polar surface area (TPSA) is 105 Å². The second-order valence-corrected chi connectivity index (χ2v) is 5.08. The molecule has 0 saturated carbocycles. The highest BCUT2D eigenvalue weighted by atomic mass is 16.5. The molecule has 1 aliphatic rings. The van der Waals surface area contributed by atoms with E-state index in [1.807, 2.05) is 24.1 Å². The lowest BCUT2D eigenvalue weighted by Crippen LogP contribution is -2.54. The number of nitrogens with one attached hydrogen (secondary N) is 1. The van der Waals surface area contributed by atoms with Gasteiger partial charge in [-0.25, -0.2) is 4.79 Å². The number of hydrogen-bond acceptors (Lipinski definition) is 5. The van der Waals surface area contributed by atoms with Gasteiger partial charge in [0.25, 0.3) is 0 Å². The van der Waals surface area contributed by atoms with Crippen LogP contribution in [0.1, 0.15) is 20.3 Å². The largest absolute Gasteiger partial charge is 0.394 e. The predicted octanol–water partition coefficient (Wildman–Crippen LogP) is -0.957. The Bertz CT molecular complexity index is 319. The van der Waals surface area contributed by atoms with Gasteiger partial charge in [-0.3, -0.25) is 15.0 Å². The fourth-order valence-corrected chi connectivity index (χ4v) is 2.14. The molecule has 18 heavy (non-hydrogen) atoms. The average Bonchev–Trinajstić information content (AvgIpc) is 2.23. The minimum Gasteiger partial charge on any atom is -0.394 e. The second kappa shape index (κ2) is 6.12. The van der Waals surface area contributed by atoms with E-state index < -0.39 is 11.9 Å². The van der Waals surface area contributed by atoms with E-state index >= 15 is 0 Å². The number of aliphatic hydroxyl groups is 1. The van der Waals surface area contributed by atoms with Gasteiger partial charge in [0.2, 0.25) is 5.91 Å². The summed E-state index contributed by atoms with van der Waals surface area (Å²) in [5.74, 6) is -0.396.